The van der Waals surface area contributed by atoms with Crippen molar-refractivity contribution in [2.24, 2.45) is 5.73 Å². The first kappa shape index (κ1) is 14.7. The van der Waals surface area contributed by atoms with Crippen LogP contribution in [-0.4, -0.2) is 11.9 Å². The van der Waals surface area contributed by atoms with Gasteiger partial charge in [-0.25, -0.2) is 10.2 Å². The molecule has 0 aliphatic heterocycles. The number of unbranched alkanes of at least 4 members (excludes halogenated alkanes) is 6. The highest BCUT2D eigenvalue weighted by atomic mass is 16.2. The van der Waals surface area contributed by atoms with Gasteiger partial charge in [0.15, 0.2) is 0 Å². The van der Waals surface area contributed by atoms with Gasteiger partial charge in [-0.2, -0.15) is 0 Å². The van der Waals surface area contributed by atoms with Gasteiger partial charge in [-0.1, -0.05) is 45.4 Å². The van der Waals surface area contributed by atoms with Crippen LogP contribution in [0.5, 0.6) is 0 Å². The van der Waals surface area contributed by atoms with E-state index in [1.807, 2.05) is 0 Å². The van der Waals surface area contributed by atoms with E-state index in [1.165, 1.54) is 32.1 Å². The summed E-state index contributed by atoms with van der Waals surface area (Å²) in [5, 5.41) is 0. The zero-order valence-corrected chi connectivity index (χ0v) is 10.1. The van der Waals surface area contributed by atoms with E-state index in [0.717, 1.165) is 12.8 Å². The molecule has 0 radical (unpaired) electrons. The maximum Gasteiger partial charge on any atom is 0.330 e. The number of primary amides is 1. The van der Waals surface area contributed by atoms with E-state index in [0.29, 0.717) is 6.42 Å². The Morgan fingerprint density at radius 3 is 2.06 bits per heavy atom. The van der Waals surface area contributed by atoms with Crippen molar-refractivity contribution in [1.29, 1.82) is 0 Å². The number of hydrogen-bond donors (Lipinski definition) is 3. The SMILES string of the molecule is CCCCCCCCCC(=O)NNC(N)=O. The van der Waals surface area contributed by atoms with Crippen LogP contribution in [0, 0.1) is 0 Å². The van der Waals surface area contributed by atoms with Crippen LogP contribution in [-0.2, 0) is 4.79 Å². The molecule has 3 amide bonds. The molecule has 5 nitrogen and oxygen atoms in total. The minimum atomic E-state index is -0.743. The molecule has 0 saturated heterocycles. The summed E-state index contributed by atoms with van der Waals surface area (Å²) in [6.45, 7) is 2.19. The van der Waals surface area contributed by atoms with Crippen LogP contribution in [0.15, 0.2) is 0 Å². The molecular formula is C11H23N3O2. The van der Waals surface area contributed by atoms with Crippen LogP contribution in [0.3, 0.4) is 0 Å². The van der Waals surface area contributed by atoms with Crippen molar-refractivity contribution >= 4 is 11.9 Å². The molecule has 4 N–H and O–H groups in total. The first-order valence-electron chi connectivity index (χ1n) is 6.01. The molecular weight excluding hydrogens is 206 g/mol. The van der Waals surface area contributed by atoms with Gasteiger partial charge in [0.05, 0.1) is 0 Å². The van der Waals surface area contributed by atoms with Crippen molar-refractivity contribution < 1.29 is 9.59 Å². The fourth-order valence-corrected chi connectivity index (χ4v) is 1.44. The molecule has 0 saturated carbocycles. The Balaban J connectivity index is 3.18. The normalized spacial score (nSPS) is 9.81. The molecule has 94 valence electrons. The van der Waals surface area contributed by atoms with Crippen molar-refractivity contribution in [1.82, 2.24) is 10.9 Å². The third kappa shape index (κ3) is 10.8. The number of amides is 3. The van der Waals surface area contributed by atoms with Crippen molar-refractivity contribution in [3.8, 4) is 0 Å². The first-order chi connectivity index (χ1) is 7.66. The van der Waals surface area contributed by atoms with Gasteiger partial charge in [-0.3, -0.25) is 10.2 Å². The van der Waals surface area contributed by atoms with Gasteiger partial charge in [0.25, 0.3) is 0 Å². The summed E-state index contributed by atoms with van der Waals surface area (Å²) in [6, 6.07) is -0.743. The van der Waals surface area contributed by atoms with Crippen molar-refractivity contribution in [3.63, 3.8) is 0 Å². The van der Waals surface area contributed by atoms with Crippen LogP contribution in [0.2, 0.25) is 0 Å². The average molecular weight is 229 g/mol. The molecule has 0 unspecified atom stereocenters. The third-order valence-corrected chi connectivity index (χ3v) is 2.33. The van der Waals surface area contributed by atoms with Gasteiger partial charge in [0.2, 0.25) is 5.91 Å². The van der Waals surface area contributed by atoms with E-state index >= 15 is 0 Å². The second-order valence-electron chi connectivity index (χ2n) is 3.91. The molecule has 0 heterocycles. The van der Waals surface area contributed by atoms with Gasteiger partial charge in [0, 0.05) is 6.42 Å². The highest BCUT2D eigenvalue weighted by Gasteiger charge is 2.00. The Kier molecular flexibility index (Phi) is 9.46. The Labute approximate surface area is 97.1 Å². The predicted octanol–water partition coefficient (Wildman–Crippen LogP) is 1.83. The van der Waals surface area contributed by atoms with Crippen LogP contribution in [0.1, 0.15) is 58.3 Å². The second kappa shape index (κ2) is 10.3. The Morgan fingerprint density at radius 1 is 0.938 bits per heavy atom. The fraction of sp³-hybridized carbons (Fsp3) is 0.818. The lowest BCUT2D eigenvalue weighted by atomic mass is 10.1. The largest absolute Gasteiger partial charge is 0.350 e. The number of nitrogens with one attached hydrogen (secondary N) is 2. The second-order valence-corrected chi connectivity index (χ2v) is 3.91. The monoisotopic (exact) mass is 229 g/mol. The lowest BCUT2D eigenvalue weighted by molar-refractivity contribution is -0.121. The van der Waals surface area contributed by atoms with Gasteiger partial charge in [0.1, 0.15) is 0 Å². The molecule has 0 atom stereocenters. The molecule has 0 aromatic carbocycles. The molecule has 0 fully saturated rings. The van der Waals surface area contributed by atoms with Gasteiger partial charge in [-0.05, 0) is 6.42 Å². The highest BCUT2D eigenvalue weighted by Crippen LogP contribution is 2.07. The minimum absolute atomic E-state index is 0.188. The molecule has 16 heavy (non-hydrogen) atoms. The van der Waals surface area contributed by atoms with E-state index in [2.05, 4.69) is 17.8 Å². The Hall–Kier alpha value is -1.26. The summed E-state index contributed by atoms with van der Waals surface area (Å²) < 4.78 is 0. The molecule has 0 aromatic heterocycles. The maximum atomic E-state index is 11.1. The average Bonchev–Trinajstić information content (AvgIpc) is 2.25. The van der Waals surface area contributed by atoms with E-state index in [9.17, 15) is 9.59 Å². The molecule has 0 aromatic rings. The van der Waals surface area contributed by atoms with Gasteiger partial charge < -0.3 is 5.73 Å². The third-order valence-electron chi connectivity index (χ3n) is 2.33. The number of nitrogens with two attached hydrogens (primary N) is 1. The maximum absolute atomic E-state index is 11.1. The number of rotatable bonds is 8. The van der Waals surface area contributed by atoms with Gasteiger partial charge >= 0.3 is 6.03 Å². The number of carbonyl (C=O) groups excluding carboxylic acids is 2. The molecule has 0 bridgehead atoms. The fourth-order valence-electron chi connectivity index (χ4n) is 1.44. The summed E-state index contributed by atoms with van der Waals surface area (Å²) in [6.07, 6.45) is 8.61. The van der Waals surface area contributed by atoms with E-state index in [-0.39, 0.29) is 5.91 Å². The first-order valence-corrected chi connectivity index (χ1v) is 6.01. The predicted molar refractivity (Wildman–Crippen MR) is 63.5 cm³/mol. The smallest absolute Gasteiger partial charge is 0.330 e. The summed E-state index contributed by atoms with van der Waals surface area (Å²) in [7, 11) is 0. The lowest BCUT2D eigenvalue weighted by Crippen LogP contribution is -2.44. The Morgan fingerprint density at radius 2 is 1.50 bits per heavy atom. The van der Waals surface area contributed by atoms with Crippen LogP contribution in [0.25, 0.3) is 0 Å². The number of carbonyl (C=O) groups is 2. The molecule has 0 aliphatic rings. The van der Waals surface area contributed by atoms with E-state index in [1.54, 1.807) is 0 Å². The van der Waals surface area contributed by atoms with Crippen molar-refractivity contribution in [2.75, 3.05) is 0 Å². The van der Waals surface area contributed by atoms with Crippen molar-refractivity contribution in [3.05, 3.63) is 0 Å². The molecule has 0 aliphatic carbocycles. The Bertz CT molecular complexity index is 207. The molecule has 5 heteroatoms. The number of hydrogen-bond acceptors (Lipinski definition) is 2. The highest BCUT2D eigenvalue weighted by molar-refractivity contribution is 5.80. The van der Waals surface area contributed by atoms with Crippen molar-refractivity contribution in [2.45, 2.75) is 58.3 Å². The van der Waals surface area contributed by atoms with Crippen LogP contribution < -0.4 is 16.6 Å². The molecule has 0 rings (SSSR count). The van der Waals surface area contributed by atoms with E-state index < -0.39 is 6.03 Å². The summed E-state index contributed by atoms with van der Waals surface area (Å²) in [5.74, 6) is -0.188. The molecule has 0 spiro atoms. The summed E-state index contributed by atoms with van der Waals surface area (Å²) in [5.41, 5.74) is 9.08. The van der Waals surface area contributed by atoms with Crippen LogP contribution in [0.4, 0.5) is 4.79 Å². The lowest BCUT2D eigenvalue weighted by Gasteiger charge is -2.04. The summed E-state index contributed by atoms with van der Waals surface area (Å²) in [4.78, 5) is 21.4. The standard InChI is InChI=1S/C11H23N3O2/c1-2-3-4-5-6-7-8-9-10(15)13-14-11(12)16/h2-9H2,1H3,(H,13,15)(H3,12,14,16). The number of urea groups is 1. The minimum Gasteiger partial charge on any atom is -0.350 e. The topological polar surface area (TPSA) is 84.2 Å². The zero-order chi connectivity index (χ0) is 12.2. The summed E-state index contributed by atoms with van der Waals surface area (Å²) >= 11 is 0. The van der Waals surface area contributed by atoms with E-state index in [4.69, 9.17) is 5.73 Å². The quantitative estimate of drug-likeness (QED) is 0.438. The zero-order valence-electron chi connectivity index (χ0n) is 10.1. The van der Waals surface area contributed by atoms with Gasteiger partial charge in [-0.15, -0.1) is 0 Å². The number of hydrazine groups is 1. The van der Waals surface area contributed by atoms with Crippen LogP contribution >= 0.6 is 0 Å².